The van der Waals surface area contributed by atoms with E-state index in [1.165, 1.54) is 6.32 Å². The average Bonchev–Trinajstić information content (AvgIpc) is 2.50. The first-order valence-corrected chi connectivity index (χ1v) is 4.43. The number of hydrogen-bond acceptors (Lipinski definition) is 0. The van der Waals surface area contributed by atoms with Crippen molar-refractivity contribution in [1.82, 2.24) is 4.48 Å². The molecule has 1 rings (SSSR count). The Labute approximate surface area is 69.6 Å². The molecule has 0 aliphatic carbocycles. The second-order valence-corrected chi connectivity index (χ2v) is 3.17. The second-order valence-electron chi connectivity index (χ2n) is 3.17. The van der Waals surface area contributed by atoms with Crippen molar-refractivity contribution in [2.75, 3.05) is 0 Å². The highest BCUT2D eigenvalue weighted by Crippen LogP contribution is 1.86. The minimum atomic E-state index is -0.151. The van der Waals surface area contributed by atoms with E-state index in [9.17, 15) is 0 Å². The van der Waals surface area contributed by atoms with Crippen molar-refractivity contribution in [3.05, 3.63) is 18.7 Å². The zero-order chi connectivity index (χ0) is 8.27. The van der Waals surface area contributed by atoms with Gasteiger partial charge in [-0.25, -0.2) is 6.82 Å². The first kappa shape index (κ1) is 8.44. The van der Waals surface area contributed by atoms with E-state index >= 15 is 0 Å². The van der Waals surface area contributed by atoms with Gasteiger partial charge in [0.15, 0.2) is 6.85 Å². The molecule has 1 heterocycles. The number of rotatable bonds is 3. The quantitative estimate of drug-likeness (QED) is 0.553. The maximum Gasteiger partial charge on any atom is 0.174 e. The fourth-order valence-corrected chi connectivity index (χ4v) is 1.14. The summed E-state index contributed by atoms with van der Waals surface area (Å²) >= 11 is 0. The van der Waals surface area contributed by atoms with Gasteiger partial charge in [-0.1, -0.05) is 14.3 Å². The van der Waals surface area contributed by atoms with Crippen LogP contribution in [0.2, 0.25) is 20.0 Å². The minimum Gasteiger partial charge on any atom is -0.500 e. The molecule has 0 aliphatic heterocycles. The molecule has 11 heavy (non-hydrogen) atoms. The summed E-state index contributed by atoms with van der Waals surface area (Å²) in [4.78, 5) is 0. The highest BCUT2D eigenvalue weighted by Gasteiger charge is 1.99. The first-order chi connectivity index (χ1) is 5.27. The molecule has 0 saturated carbocycles. The highest BCUT2D eigenvalue weighted by atomic mass is 15.0. The van der Waals surface area contributed by atoms with Gasteiger partial charge in [0.1, 0.15) is 6.33 Å². The third-order valence-corrected chi connectivity index (χ3v) is 2.36. The molecule has 0 spiro atoms. The van der Waals surface area contributed by atoms with Gasteiger partial charge in [-0.3, -0.25) is 0 Å². The molecular weight excluding hydrogens is 134 g/mol. The summed E-state index contributed by atoms with van der Waals surface area (Å²) in [6, 6.07) is 0. The average molecular weight is 149 g/mol. The van der Waals surface area contributed by atoms with Gasteiger partial charge >= 0.3 is 0 Å². The lowest BCUT2D eigenvalue weighted by molar-refractivity contribution is -0.536. The van der Waals surface area contributed by atoms with Crippen LogP contribution in [0.5, 0.6) is 0 Å². The Hall–Kier alpha value is -0.660. The topological polar surface area (TPSA) is 8.81 Å². The molecular formula is C7H15B2N2-. The molecule has 1 atom stereocenters. The molecule has 1 aromatic heterocycles. The van der Waals surface area contributed by atoms with E-state index in [1.54, 1.807) is 0 Å². The van der Waals surface area contributed by atoms with Gasteiger partial charge in [-0.2, -0.15) is 6.82 Å². The summed E-state index contributed by atoms with van der Waals surface area (Å²) in [7, 11) is 2.05. The highest BCUT2D eigenvalue weighted by molar-refractivity contribution is 6.47. The van der Waals surface area contributed by atoms with Crippen LogP contribution in [0.15, 0.2) is 18.7 Å². The summed E-state index contributed by atoms with van der Waals surface area (Å²) in [6.07, 6.45) is 7.63. The lowest BCUT2D eigenvalue weighted by Crippen LogP contribution is -2.46. The van der Waals surface area contributed by atoms with Crippen molar-refractivity contribution >= 4 is 14.3 Å². The molecule has 4 heteroatoms. The molecule has 0 fully saturated rings. The third-order valence-electron chi connectivity index (χ3n) is 2.36. The van der Waals surface area contributed by atoms with Crippen molar-refractivity contribution in [3.8, 4) is 0 Å². The van der Waals surface area contributed by atoms with Crippen molar-refractivity contribution in [3.63, 3.8) is 0 Å². The van der Waals surface area contributed by atoms with Gasteiger partial charge < -0.3 is 8.96 Å². The fraction of sp³-hybridized carbons (Fsp3) is 0.571. The van der Waals surface area contributed by atoms with Crippen molar-refractivity contribution < 1.29 is 4.48 Å². The monoisotopic (exact) mass is 149 g/mol. The lowest BCUT2D eigenvalue weighted by atomic mass is 9.62. The molecule has 2 radical (unpaired) electrons. The number of aromatic nitrogens is 2. The molecule has 60 valence electrons. The molecule has 0 aliphatic rings. The van der Waals surface area contributed by atoms with Crippen molar-refractivity contribution in [2.24, 2.45) is 0 Å². The fourth-order valence-electron chi connectivity index (χ4n) is 1.14. The largest absolute Gasteiger partial charge is 0.500 e. The number of nitrogens with zero attached hydrogens (tertiary/aromatic N) is 2. The van der Waals surface area contributed by atoms with E-state index in [2.05, 4.69) is 48.8 Å². The van der Waals surface area contributed by atoms with Gasteiger partial charge in [-0.05, 0) is 0 Å². The Balaban J connectivity index is 2.71. The van der Waals surface area contributed by atoms with E-state index in [1.807, 2.05) is 6.82 Å². The van der Waals surface area contributed by atoms with E-state index in [0.717, 1.165) is 0 Å². The van der Waals surface area contributed by atoms with E-state index in [4.69, 9.17) is 0 Å². The number of hydrogen-bond donors (Lipinski definition) is 0. The van der Waals surface area contributed by atoms with E-state index in [-0.39, 0.29) is 6.85 Å². The standard InChI is InChI=1S/C7H15B2N2/c1-4-9(3)11-6-5-10(7-11)8-2/h5-7,9H,4H2,1-3H3/q-1. The van der Waals surface area contributed by atoms with Crippen LogP contribution >= 0.6 is 0 Å². The molecule has 0 bridgehead atoms. The third kappa shape index (κ3) is 1.88. The normalized spacial score (nSPS) is 13.4. The van der Waals surface area contributed by atoms with Crippen molar-refractivity contribution in [2.45, 2.75) is 26.9 Å². The summed E-state index contributed by atoms with van der Waals surface area (Å²) in [5.74, 6) is 0. The second kappa shape index (κ2) is 3.65. The predicted octanol–water partition coefficient (Wildman–Crippen LogP) is 0.513. The van der Waals surface area contributed by atoms with E-state index in [0.29, 0.717) is 0 Å². The van der Waals surface area contributed by atoms with Crippen LogP contribution in [0.1, 0.15) is 6.92 Å². The Bertz CT molecular complexity index is 222. The predicted molar refractivity (Wildman–Crippen MR) is 50.5 cm³/mol. The Morgan fingerprint density at radius 2 is 2.36 bits per heavy atom. The summed E-state index contributed by atoms with van der Waals surface area (Å²) < 4.78 is 4.39. The maximum absolute atomic E-state index is 2.31. The van der Waals surface area contributed by atoms with Gasteiger partial charge in [0.25, 0.3) is 0 Å². The molecule has 0 amide bonds. The van der Waals surface area contributed by atoms with Crippen LogP contribution in [0.4, 0.5) is 0 Å². The zero-order valence-electron chi connectivity index (χ0n) is 7.62. The maximum atomic E-state index is 2.31. The van der Waals surface area contributed by atoms with Crippen LogP contribution in [0.25, 0.3) is 0 Å². The van der Waals surface area contributed by atoms with Crippen LogP contribution in [-0.2, 0) is 0 Å². The Morgan fingerprint density at radius 3 is 2.82 bits per heavy atom. The Kier molecular flexibility index (Phi) is 2.80. The number of imidazole rings is 1. The molecule has 0 saturated heterocycles. The summed E-state index contributed by atoms with van der Waals surface area (Å²) in [5.41, 5.74) is 0. The molecule has 0 N–H and O–H groups in total. The Morgan fingerprint density at radius 1 is 1.64 bits per heavy atom. The zero-order valence-corrected chi connectivity index (χ0v) is 7.62. The van der Waals surface area contributed by atoms with E-state index < -0.39 is 0 Å². The first-order valence-electron chi connectivity index (χ1n) is 4.43. The van der Waals surface area contributed by atoms with Gasteiger partial charge in [0.2, 0.25) is 0 Å². The van der Waals surface area contributed by atoms with Crippen LogP contribution in [-0.4, -0.2) is 18.7 Å². The lowest BCUT2D eigenvalue weighted by Gasteiger charge is -2.10. The summed E-state index contributed by atoms with van der Waals surface area (Å²) in [6.45, 7) is 6.43. The molecule has 0 aromatic carbocycles. The molecule has 2 nitrogen and oxygen atoms in total. The minimum absolute atomic E-state index is 0.151. The SMILES string of the molecule is C[B-]n1cc[n+]([BH-](C)CC)c1. The molecule has 1 unspecified atom stereocenters. The van der Waals surface area contributed by atoms with Crippen molar-refractivity contribution in [1.29, 1.82) is 0 Å². The van der Waals surface area contributed by atoms with Crippen LogP contribution in [0, 0.1) is 0 Å². The van der Waals surface area contributed by atoms with Crippen LogP contribution in [0.3, 0.4) is 0 Å². The molecule has 1 aromatic rings. The summed E-state index contributed by atoms with van der Waals surface area (Å²) in [5, 5.41) is 0. The van der Waals surface area contributed by atoms with Gasteiger partial charge in [-0.15, -0.1) is 6.32 Å². The van der Waals surface area contributed by atoms with Gasteiger partial charge in [0, 0.05) is 0 Å². The van der Waals surface area contributed by atoms with Crippen LogP contribution < -0.4 is 4.48 Å². The smallest absolute Gasteiger partial charge is 0.174 e. The van der Waals surface area contributed by atoms with Gasteiger partial charge in [0.05, 0.1) is 12.4 Å².